The number of aromatic nitrogens is 2. The van der Waals surface area contributed by atoms with Gasteiger partial charge in [0.2, 0.25) is 0 Å². The third kappa shape index (κ3) is 2.24. The van der Waals surface area contributed by atoms with Crippen LogP contribution in [-0.2, 0) is 13.1 Å². The molecular formula is C14H14BrN3O. The summed E-state index contributed by atoms with van der Waals surface area (Å²) in [6.07, 6.45) is 1.88. The van der Waals surface area contributed by atoms with Crippen molar-refractivity contribution in [1.29, 1.82) is 0 Å². The van der Waals surface area contributed by atoms with Gasteiger partial charge in [-0.05, 0) is 18.2 Å². The largest absolute Gasteiger partial charge is 0.294 e. The van der Waals surface area contributed by atoms with Crippen molar-refractivity contribution in [3.63, 3.8) is 0 Å². The molecule has 0 saturated heterocycles. The van der Waals surface area contributed by atoms with Crippen LogP contribution in [0.15, 0.2) is 40.1 Å². The molecule has 4 nitrogen and oxygen atoms in total. The van der Waals surface area contributed by atoms with E-state index in [9.17, 15) is 4.79 Å². The van der Waals surface area contributed by atoms with E-state index in [1.807, 2.05) is 24.3 Å². The van der Waals surface area contributed by atoms with Crippen molar-refractivity contribution in [3.05, 3.63) is 51.5 Å². The standard InChI is InChI=1S/C14H14BrN3O/c1-2-5-17-6-7-18-13(9-17)16-12-8-10(15)3-4-11(12)14(18)19/h2-4,8H,1,5-7,9H2. The Hall–Kier alpha value is -1.46. The third-order valence-electron chi connectivity index (χ3n) is 3.39. The number of halogens is 1. The summed E-state index contributed by atoms with van der Waals surface area (Å²) >= 11 is 3.42. The second-order valence-corrected chi connectivity index (χ2v) is 5.59. The summed E-state index contributed by atoms with van der Waals surface area (Å²) in [5.41, 5.74) is 0.817. The molecule has 1 aromatic heterocycles. The van der Waals surface area contributed by atoms with Crippen LogP contribution in [0.25, 0.3) is 10.9 Å². The predicted molar refractivity (Wildman–Crippen MR) is 79.2 cm³/mol. The monoisotopic (exact) mass is 319 g/mol. The zero-order valence-corrected chi connectivity index (χ0v) is 12.1. The molecule has 2 aromatic rings. The van der Waals surface area contributed by atoms with Crippen molar-refractivity contribution in [1.82, 2.24) is 14.5 Å². The highest BCUT2D eigenvalue weighted by molar-refractivity contribution is 9.10. The first-order valence-corrected chi connectivity index (χ1v) is 7.00. The maximum absolute atomic E-state index is 12.4. The van der Waals surface area contributed by atoms with E-state index in [1.165, 1.54) is 0 Å². The molecule has 0 unspecified atom stereocenters. The molecule has 0 spiro atoms. The van der Waals surface area contributed by atoms with Gasteiger partial charge < -0.3 is 0 Å². The maximum atomic E-state index is 12.4. The van der Waals surface area contributed by atoms with Crippen LogP contribution in [0.5, 0.6) is 0 Å². The van der Waals surface area contributed by atoms with Crippen molar-refractivity contribution >= 4 is 26.8 Å². The fourth-order valence-corrected chi connectivity index (χ4v) is 2.80. The van der Waals surface area contributed by atoms with Crippen molar-refractivity contribution in [2.45, 2.75) is 13.1 Å². The first-order chi connectivity index (χ1) is 9.19. The lowest BCUT2D eigenvalue weighted by molar-refractivity contribution is 0.234. The van der Waals surface area contributed by atoms with Crippen LogP contribution in [-0.4, -0.2) is 27.5 Å². The number of nitrogens with zero attached hydrogens (tertiary/aromatic N) is 3. The lowest BCUT2D eigenvalue weighted by Gasteiger charge is -2.28. The van der Waals surface area contributed by atoms with Crippen molar-refractivity contribution in [2.24, 2.45) is 0 Å². The first kappa shape index (κ1) is 12.6. The highest BCUT2D eigenvalue weighted by Crippen LogP contribution is 2.17. The minimum absolute atomic E-state index is 0.0609. The van der Waals surface area contributed by atoms with Crippen molar-refractivity contribution in [2.75, 3.05) is 13.1 Å². The van der Waals surface area contributed by atoms with Crippen molar-refractivity contribution < 1.29 is 0 Å². The van der Waals surface area contributed by atoms with E-state index in [0.717, 1.165) is 28.9 Å². The lowest BCUT2D eigenvalue weighted by atomic mass is 10.2. The predicted octanol–water partition coefficient (Wildman–Crippen LogP) is 2.16. The molecule has 5 heteroatoms. The third-order valence-corrected chi connectivity index (χ3v) is 3.88. The SMILES string of the molecule is C=CCN1CCn2c(nc3cc(Br)ccc3c2=O)C1. The molecule has 0 amide bonds. The quantitative estimate of drug-likeness (QED) is 0.796. The molecule has 0 N–H and O–H groups in total. The molecule has 19 heavy (non-hydrogen) atoms. The topological polar surface area (TPSA) is 38.1 Å². The minimum atomic E-state index is 0.0609. The maximum Gasteiger partial charge on any atom is 0.261 e. The fraction of sp³-hybridized carbons (Fsp3) is 0.286. The molecule has 1 aliphatic heterocycles. The zero-order chi connectivity index (χ0) is 13.4. The fourth-order valence-electron chi connectivity index (χ4n) is 2.45. The normalized spacial score (nSPS) is 15.4. The highest BCUT2D eigenvalue weighted by atomic mass is 79.9. The van der Waals surface area contributed by atoms with Crippen LogP contribution in [0.2, 0.25) is 0 Å². The van der Waals surface area contributed by atoms with E-state index in [4.69, 9.17) is 0 Å². The van der Waals surface area contributed by atoms with Crippen LogP contribution in [0, 0.1) is 0 Å². The average molecular weight is 320 g/mol. The van der Waals surface area contributed by atoms with E-state index in [1.54, 1.807) is 4.57 Å². The summed E-state index contributed by atoms with van der Waals surface area (Å²) in [7, 11) is 0. The van der Waals surface area contributed by atoms with E-state index >= 15 is 0 Å². The van der Waals surface area contributed by atoms with Gasteiger partial charge in [0.25, 0.3) is 5.56 Å². The van der Waals surface area contributed by atoms with Crippen LogP contribution in [0.1, 0.15) is 5.82 Å². The highest BCUT2D eigenvalue weighted by Gasteiger charge is 2.18. The van der Waals surface area contributed by atoms with Gasteiger partial charge in [0.15, 0.2) is 0 Å². The molecular weight excluding hydrogens is 306 g/mol. The van der Waals surface area contributed by atoms with Gasteiger partial charge in [-0.1, -0.05) is 22.0 Å². The molecule has 0 bridgehead atoms. The van der Waals surface area contributed by atoms with Crippen LogP contribution in [0.4, 0.5) is 0 Å². The Kier molecular flexibility index (Phi) is 3.24. The summed E-state index contributed by atoms with van der Waals surface area (Å²) in [5.74, 6) is 0.837. The molecule has 3 rings (SSSR count). The molecule has 0 saturated carbocycles. The zero-order valence-electron chi connectivity index (χ0n) is 10.5. The Bertz CT molecular complexity index is 708. The van der Waals surface area contributed by atoms with Gasteiger partial charge in [0, 0.05) is 24.1 Å². The number of benzene rings is 1. The van der Waals surface area contributed by atoms with Gasteiger partial charge in [-0.2, -0.15) is 0 Å². The second-order valence-electron chi connectivity index (χ2n) is 4.67. The van der Waals surface area contributed by atoms with Gasteiger partial charge in [-0.15, -0.1) is 6.58 Å². The second kappa shape index (κ2) is 4.90. The molecule has 0 atom stereocenters. The average Bonchev–Trinajstić information content (AvgIpc) is 2.38. The van der Waals surface area contributed by atoms with Gasteiger partial charge in [0.1, 0.15) is 5.82 Å². The number of rotatable bonds is 2. The molecule has 1 aliphatic rings. The molecule has 98 valence electrons. The van der Waals surface area contributed by atoms with E-state index in [-0.39, 0.29) is 5.56 Å². The van der Waals surface area contributed by atoms with Gasteiger partial charge >= 0.3 is 0 Å². The first-order valence-electron chi connectivity index (χ1n) is 6.21. The summed E-state index contributed by atoms with van der Waals surface area (Å²) in [6.45, 7) is 6.84. The summed E-state index contributed by atoms with van der Waals surface area (Å²) in [4.78, 5) is 19.3. The van der Waals surface area contributed by atoms with E-state index < -0.39 is 0 Å². The molecule has 0 radical (unpaired) electrons. The van der Waals surface area contributed by atoms with E-state index in [0.29, 0.717) is 18.5 Å². The van der Waals surface area contributed by atoms with Crippen LogP contribution in [0.3, 0.4) is 0 Å². The van der Waals surface area contributed by atoms with Gasteiger partial charge in [0.05, 0.1) is 17.4 Å². The van der Waals surface area contributed by atoms with Gasteiger partial charge in [-0.25, -0.2) is 4.98 Å². The summed E-state index contributed by atoms with van der Waals surface area (Å²) in [5, 5.41) is 0.684. The Morgan fingerprint density at radius 1 is 1.42 bits per heavy atom. The number of hydrogen-bond donors (Lipinski definition) is 0. The van der Waals surface area contributed by atoms with Crippen molar-refractivity contribution in [3.8, 4) is 0 Å². The number of fused-ring (bicyclic) bond motifs is 2. The Balaban J connectivity index is 2.14. The van der Waals surface area contributed by atoms with Gasteiger partial charge in [-0.3, -0.25) is 14.3 Å². The Morgan fingerprint density at radius 2 is 2.26 bits per heavy atom. The lowest BCUT2D eigenvalue weighted by Crippen LogP contribution is -2.40. The molecule has 0 aliphatic carbocycles. The molecule has 1 aromatic carbocycles. The molecule has 0 fully saturated rings. The van der Waals surface area contributed by atoms with Crippen LogP contribution >= 0.6 is 15.9 Å². The van der Waals surface area contributed by atoms with E-state index in [2.05, 4.69) is 32.4 Å². The Labute approximate surface area is 119 Å². The summed E-state index contributed by atoms with van der Waals surface area (Å²) < 4.78 is 2.73. The van der Waals surface area contributed by atoms with Crippen LogP contribution < -0.4 is 5.56 Å². The summed E-state index contributed by atoms with van der Waals surface area (Å²) in [6, 6.07) is 5.60. The minimum Gasteiger partial charge on any atom is -0.294 e. The number of hydrogen-bond acceptors (Lipinski definition) is 3. The molecule has 2 heterocycles. The Morgan fingerprint density at radius 3 is 3.05 bits per heavy atom. The smallest absolute Gasteiger partial charge is 0.261 e.